The number of halogens is 6. The molecule has 1 atom stereocenters. The Kier molecular flexibility index (Phi) is 5.72. The molecular weight excluding hydrogens is 454 g/mol. The molecule has 13 heteroatoms. The number of nitrogens with one attached hydrogen (secondary N) is 1. The molecule has 1 aromatic carbocycles. The lowest BCUT2D eigenvalue weighted by molar-refractivity contribution is -0.137. The fourth-order valence-electron chi connectivity index (χ4n) is 3.56. The number of carbonyl (C=O) groups is 1. The number of pyridine rings is 1. The van der Waals surface area contributed by atoms with Gasteiger partial charge in [-0.05, 0) is 24.3 Å². The molecule has 1 N–H and O–H groups in total. The Morgan fingerprint density at radius 3 is 2.52 bits per heavy atom. The van der Waals surface area contributed by atoms with Gasteiger partial charge in [0, 0.05) is 25.7 Å². The van der Waals surface area contributed by atoms with Gasteiger partial charge in [-0.25, -0.2) is 18.2 Å². The van der Waals surface area contributed by atoms with Crippen LogP contribution >= 0.6 is 0 Å². The molecule has 4 rings (SSSR count). The van der Waals surface area contributed by atoms with Crippen LogP contribution in [0.25, 0.3) is 5.69 Å². The normalized spacial score (nSPS) is 17.9. The molecule has 0 saturated carbocycles. The highest BCUT2D eigenvalue weighted by Crippen LogP contribution is 2.36. The Morgan fingerprint density at radius 1 is 1.15 bits per heavy atom. The molecule has 1 aliphatic rings. The number of alkyl halides is 5. The van der Waals surface area contributed by atoms with Crippen LogP contribution in [0.2, 0.25) is 0 Å². The summed E-state index contributed by atoms with van der Waals surface area (Å²) in [6, 6.07) is 3.80. The number of rotatable bonds is 5. The molecule has 0 unspecified atom stereocenters. The third kappa shape index (κ3) is 4.47. The van der Waals surface area contributed by atoms with Crippen LogP contribution in [0.4, 0.5) is 32.2 Å². The number of amides is 1. The number of aromatic nitrogens is 4. The smallest absolute Gasteiger partial charge is 0.368 e. The van der Waals surface area contributed by atoms with Crippen molar-refractivity contribution in [3.05, 3.63) is 65.9 Å². The number of nitrogens with zero attached hydrogens (tertiary/aromatic N) is 5. The van der Waals surface area contributed by atoms with Crippen LogP contribution in [0, 0.1) is 5.82 Å². The van der Waals surface area contributed by atoms with E-state index < -0.39 is 54.0 Å². The van der Waals surface area contributed by atoms with Crippen molar-refractivity contribution in [1.82, 2.24) is 24.9 Å². The SMILES string of the molecule is O=C(c1c(F)cccc1-n1nccn1)N1CCC(F)(F)[C@H]1CNc1ccc(C(F)(F)F)cn1. The minimum Gasteiger partial charge on any atom is -0.368 e. The van der Waals surface area contributed by atoms with E-state index in [4.69, 9.17) is 0 Å². The van der Waals surface area contributed by atoms with Gasteiger partial charge in [-0.2, -0.15) is 28.2 Å². The first-order valence-electron chi connectivity index (χ1n) is 9.69. The summed E-state index contributed by atoms with van der Waals surface area (Å²) in [6.45, 7) is -0.861. The van der Waals surface area contributed by atoms with E-state index in [0.29, 0.717) is 6.20 Å². The predicted molar refractivity (Wildman–Crippen MR) is 103 cm³/mol. The lowest BCUT2D eigenvalue weighted by atomic mass is 10.1. The Hall–Kier alpha value is -3.64. The number of benzene rings is 1. The molecule has 3 aromatic rings. The van der Waals surface area contributed by atoms with Gasteiger partial charge >= 0.3 is 6.18 Å². The van der Waals surface area contributed by atoms with Gasteiger partial charge in [-0.1, -0.05) is 6.07 Å². The molecule has 33 heavy (non-hydrogen) atoms. The van der Waals surface area contributed by atoms with Crippen LogP contribution in [0.5, 0.6) is 0 Å². The average Bonchev–Trinajstić information content (AvgIpc) is 3.39. The molecular formula is C20H16F6N6O. The van der Waals surface area contributed by atoms with Crippen LogP contribution in [0.1, 0.15) is 22.3 Å². The van der Waals surface area contributed by atoms with E-state index in [1.165, 1.54) is 24.5 Å². The topological polar surface area (TPSA) is 75.9 Å². The molecule has 1 saturated heterocycles. The molecule has 0 aliphatic carbocycles. The second-order valence-electron chi connectivity index (χ2n) is 7.29. The average molecular weight is 470 g/mol. The first-order chi connectivity index (χ1) is 15.6. The highest BCUT2D eigenvalue weighted by atomic mass is 19.4. The molecule has 2 aromatic heterocycles. The molecule has 7 nitrogen and oxygen atoms in total. The third-order valence-electron chi connectivity index (χ3n) is 5.22. The first-order valence-corrected chi connectivity index (χ1v) is 9.69. The summed E-state index contributed by atoms with van der Waals surface area (Å²) in [7, 11) is 0. The number of anilines is 1. The number of carbonyl (C=O) groups excluding carboxylic acids is 1. The maximum Gasteiger partial charge on any atom is 0.417 e. The summed E-state index contributed by atoms with van der Waals surface area (Å²) in [5.41, 5.74) is -1.48. The van der Waals surface area contributed by atoms with E-state index in [2.05, 4.69) is 20.5 Å². The minimum atomic E-state index is -4.59. The summed E-state index contributed by atoms with van der Waals surface area (Å²) in [5, 5.41) is 10.3. The molecule has 0 radical (unpaired) electrons. The van der Waals surface area contributed by atoms with Gasteiger partial charge in [0.1, 0.15) is 28.9 Å². The van der Waals surface area contributed by atoms with Crippen molar-refractivity contribution in [3.63, 3.8) is 0 Å². The van der Waals surface area contributed by atoms with E-state index in [0.717, 1.165) is 27.9 Å². The fourth-order valence-corrected chi connectivity index (χ4v) is 3.56. The van der Waals surface area contributed by atoms with Crippen molar-refractivity contribution in [2.75, 3.05) is 18.4 Å². The van der Waals surface area contributed by atoms with E-state index in [1.807, 2.05) is 0 Å². The van der Waals surface area contributed by atoms with Gasteiger partial charge < -0.3 is 10.2 Å². The Labute approximate surface area is 183 Å². The van der Waals surface area contributed by atoms with Gasteiger partial charge in [0.25, 0.3) is 11.8 Å². The zero-order valence-corrected chi connectivity index (χ0v) is 16.7. The number of hydrogen-bond donors (Lipinski definition) is 1. The number of hydrogen-bond acceptors (Lipinski definition) is 5. The standard InChI is InChI=1S/C20H16F6N6O/c21-13-2-1-3-14(32-29-7-8-30-32)17(13)18(33)31-9-6-19(22,23)15(31)11-28-16-5-4-12(10-27-16)20(24,25)26/h1-5,7-8,10,15H,6,9,11H2,(H,27,28)/t15-/m1/s1. The van der Waals surface area contributed by atoms with Crippen LogP contribution in [-0.4, -0.2) is 55.8 Å². The van der Waals surface area contributed by atoms with Crippen molar-refractivity contribution < 1.29 is 31.1 Å². The summed E-state index contributed by atoms with van der Waals surface area (Å²) < 4.78 is 81.9. The highest BCUT2D eigenvalue weighted by Gasteiger charge is 2.51. The van der Waals surface area contributed by atoms with Crippen molar-refractivity contribution in [3.8, 4) is 5.69 Å². The molecule has 1 fully saturated rings. The van der Waals surface area contributed by atoms with Crippen LogP contribution in [0.15, 0.2) is 48.9 Å². The van der Waals surface area contributed by atoms with Crippen molar-refractivity contribution in [1.29, 1.82) is 0 Å². The molecule has 1 aliphatic heterocycles. The lowest BCUT2D eigenvalue weighted by Crippen LogP contribution is -2.47. The summed E-state index contributed by atoms with van der Waals surface area (Å²) >= 11 is 0. The largest absolute Gasteiger partial charge is 0.417 e. The first kappa shape index (κ1) is 22.6. The van der Waals surface area contributed by atoms with Crippen molar-refractivity contribution in [2.24, 2.45) is 0 Å². The fraction of sp³-hybridized carbons (Fsp3) is 0.300. The van der Waals surface area contributed by atoms with Gasteiger partial charge in [0.05, 0.1) is 18.0 Å². The van der Waals surface area contributed by atoms with E-state index in [-0.39, 0.29) is 18.1 Å². The summed E-state index contributed by atoms with van der Waals surface area (Å²) in [6.07, 6.45) is -2.05. The molecule has 0 bridgehead atoms. The minimum absolute atomic E-state index is 0.0173. The van der Waals surface area contributed by atoms with Gasteiger partial charge in [0.2, 0.25) is 0 Å². The Morgan fingerprint density at radius 2 is 1.88 bits per heavy atom. The molecule has 174 valence electrons. The Bertz CT molecular complexity index is 1130. The van der Waals surface area contributed by atoms with E-state index in [9.17, 15) is 31.1 Å². The van der Waals surface area contributed by atoms with Gasteiger partial charge in [0.15, 0.2) is 0 Å². The van der Waals surface area contributed by atoms with Crippen molar-refractivity contribution >= 4 is 11.7 Å². The summed E-state index contributed by atoms with van der Waals surface area (Å²) in [4.78, 5) is 18.6. The Balaban J connectivity index is 1.58. The zero-order valence-electron chi connectivity index (χ0n) is 16.7. The predicted octanol–water partition coefficient (Wildman–Crippen LogP) is 3.78. The molecule has 0 spiro atoms. The second kappa shape index (κ2) is 8.37. The maximum atomic E-state index is 14.6. The molecule has 3 heterocycles. The van der Waals surface area contributed by atoms with Crippen LogP contribution < -0.4 is 5.32 Å². The zero-order chi connectivity index (χ0) is 23.8. The van der Waals surface area contributed by atoms with Gasteiger partial charge in [-0.15, -0.1) is 0 Å². The second-order valence-corrected chi connectivity index (χ2v) is 7.29. The maximum absolute atomic E-state index is 14.6. The summed E-state index contributed by atoms with van der Waals surface area (Å²) in [5.74, 6) is -5.31. The number of likely N-dealkylation sites (tertiary alicyclic amines) is 1. The van der Waals surface area contributed by atoms with E-state index >= 15 is 0 Å². The third-order valence-corrected chi connectivity index (χ3v) is 5.22. The van der Waals surface area contributed by atoms with Crippen LogP contribution in [0.3, 0.4) is 0 Å². The highest BCUT2D eigenvalue weighted by molar-refractivity contribution is 5.98. The van der Waals surface area contributed by atoms with Gasteiger partial charge in [-0.3, -0.25) is 4.79 Å². The quantitative estimate of drug-likeness (QED) is 0.575. The van der Waals surface area contributed by atoms with Crippen molar-refractivity contribution in [2.45, 2.75) is 24.6 Å². The van der Waals surface area contributed by atoms with E-state index in [1.54, 1.807) is 0 Å². The molecule has 1 amide bonds. The monoisotopic (exact) mass is 470 g/mol. The lowest BCUT2D eigenvalue weighted by Gasteiger charge is -2.28. The van der Waals surface area contributed by atoms with Crippen LogP contribution in [-0.2, 0) is 6.18 Å².